The summed E-state index contributed by atoms with van der Waals surface area (Å²) >= 11 is 2.26. The van der Waals surface area contributed by atoms with Crippen LogP contribution in [0.4, 0.5) is 10.1 Å². The maximum atomic E-state index is 13.8. The van der Waals surface area contributed by atoms with Crippen LogP contribution in [0.3, 0.4) is 0 Å². The number of hydrogen-bond donors (Lipinski definition) is 1. The summed E-state index contributed by atoms with van der Waals surface area (Å²) in [5.74, 6) is -0.587. The van der Waals surface area contributed by atoms with Gasteiger partial charge in [0.2, 0.25) is 10.0 Å². The molecule has 0 unspecified atom stereocenters. The van der Waals surface area contributed by atoms with Gasteiger partial charge < -0.3 is 4.43 Å². The van der Waals surface area contributed by atoms with Crippen molar-refractivity contribution >= 4 is 46.6 Å². The van der Waals surface area contributed by atoms with Gasteiger partial charge in [0.05, 0.1) is 18.0 Å². The van der Waals surface area contributed by atoms with E-state index in [1.54, 1.807) is 12.1 Å². The molecule has 0 amide bonds. The van der Waals surface area contributed by atoms with E-state index in [1.807, 2.05) is 0 Å². The van der Waals surface area contributed by atoms with E-state index in [0.717, 1.165) is 34.4 Å². The van der Waals surface area contributed by atoms with Crippen molar-refractivity contribution in [1.82, 2.24) is 0 Å². The van der Waals surface area contributed by atoms with Crippen LogP contribution in [-0.2, 0) is 14.4 Å². The van der Waals surface area contributed by atoms with Crippen LogP contribution in [-0.4, -0.2) is 27.4 Å². The molecule has 0 saturated carbocycles. The Hall–Kier alpha value is -0.193. The largest absolute Gasteiger partial charge is 0.409 e. The zero-order chi connectivity index (χ0) is 17.7. The molecule has 0 radical (unpaired) electrons. The number of sulfonamides is 1. The maximum absolute atomic E-state index is 13.8. The van der Waals surface area contributed by atoms with Gasteiger partial charge in [0.15, 0.2) is 8.32 Å². The second kappa shape index (κ2) is 8.77. The average molecular weight is 473 g/mol. The summed E-state index contributed by atoms with van der Waals surface area (Å²) in [6, 6.07) is 7.60. The van der Waals surface area contributed by atoms with Gasteiger partial charge in [-0.25, -0.2) is 12.8 Å². The lowest BCUT2D eigenvalue weighted by molar-refractivity contribution is 0.217. The van der Waals surface area contributed by atoms with Gasteiger partial charge in [-0.2, -0.15) is 0 Å². The molecule has 0 heterocycles. The highest BCUT2D eigenvalue weighted by atomic mass is 127. The van der Waals surface area contributed by atoms with Crippen LogP contribution in [0.2, 0.25) is 18.1 Å². The molecule has 0 bridgehead atoms. The van der Waals surface area contributed by atoms with Gasteiger partial charge >= 0.3 is 0 Å². The summed E-state index contributed by atoms with van der Waals surface area (Å²) in [5.41, 5.74) is 0.777. The number of hydrogen-bond acceptors (Lipinski definition) is 3. The molecule has 0 spiro atoms. The third-order valence-corrected chi connectivity index (χ3v) is 10.2. The van der Waals surface area contributed by atoms with Crippen LogP contribution >= 0.6 is 22.6 Å². The van der Waals surface area contributed by atoms with Gasteiger partial charge in [-0.15, -0.1) is 0 Å². The number of nitrogens with one attached hydrogen (secondary N) is 1. The van der Waals surface area contributed by atoms with Gasteiger partial charge in [0.1, 0.15) is 5.82 Å². The monoisotopic (exact) mass is 473 g/mol. The lowest BCUT2D eigenvalue weighted by Crippen LogP contribution is -2.37. The van der Waals surface area contributed by atoms with E-state index in [2.05, 4.69) is 48.1 Å². The van der Waals surface area contributed by atoms with Gasteiger partial charge in [-0.1, -0.05) is 49.4 Å². The Kier molecular flexibility index (Phi) is 7.95. The van der Waals surface area contributed by atoms with E-state index in [9.17, 15) is 12.8 Å². The molecule has 0 aromatic heterocycles. The van der Waals surface area contributed by atoms with Crippen LogP contribution in [0, 0.1) is 5.82 Å². The number of rotatable bonds is 9. The summed E-state index contributed by atoms with van der Waals surface area (Å²) in [4.78, 5) is 0. The number of halogens is 2. The van der Waals surface area contributed by atoms with E-state index in [1.165, 1.54) is 6.07 Å². The SMILES string of the molecule is CC[Si](CC)(CC)O[C@@H](CI)c1ccc(F)c(NS(C)(=O)=O)c1. The second-order valence-electron chi connectivity index (χ2n) is 5.62. The molecular weight excluding hydrogens is 448 g/mol. The van der Waals surface area contributed by atoms with Crippen LogP contribution in [0.1, 0.15) is 32.4 Å². The molecule has 0 saturated heterocycles. The molecule has 0 fully saturated rings. The summed E-state index contributed by atoms with van der Waals surface area (Å²) in [7, 11) is -5.32. The minimum Gasteiger partial charge on any atom is -0.409 e. The Morgan fingerprint density at radius 3 is 2.26 bits per heavy atom. The van der Waals surface area contributed by atoms with Crippen molar-refractivity contribution < 1.29 is 17.2 Å². The Morgan fingerprint density at radius 2 is 1.83 bits per heavy atom. The number of anilines is 1. The molecular formula is C15H25FINO3SSi. The fourth-order valence-corrected chi connectivity index (χ4v) is 6.92. The highest BCUT2D eigenvalue weighted by Gasteiger charge is 2.32. The smallest absolute Gasteiger partial charge is 0.229 e. The predicted molar refractivity (Wildman–Crippen MR) is 105 cm³/mol. The molecule has 1 aromatic carbocycles. The molecule has 4 nitrogen and oxygen atoms in total. The van der Waals surface area contributed by atoms with Gasteiger partial charge in [0.25, 0.3) is 0 Å². The number of alkyl halides is 1. The molecule has 1 atom stereocenters. The Labute approximate surface area is 153 Å². The quantitative estimate of drug-likeness (QED) is 0.322. The van der Waals surface area contributed by atoms with Gasteiger partial charge in [-0.05, 0) is 35.8 Å². The number of benzene rings is 1. The van der Waals surface area contributed by atoms with Crippen molar-refractivity contribution in [3.05, 3.63) is 29.6 Å². The molecule has 132 valence electrons. The summed E-state index contributed by atoms with van der Waals surface area (Å²) in [6.07, 6.45) is 0.858. The van der Waals surface area contributed by atoms with Crippen LogP contribution in [0.25, 0.3) is 0 Å². The zero-order valence-electron chi connectivity index (χ0n) is 14.0. The second-order valence-corrected chi connectivity index (χ2v) is 13.0. The van der Waals surface area contributed by atoms with Crippen molar-refractivity contribution in [2.24, 2.45) is 0 Å². The minimum absolute atomic E-state index is 0.0276. The molecule has 0 aliphatic rings. The van der Waals surface area contributed by atoms with Crippen molar-refractivity contribution in [3.8, 4) is 0 Å². The van der Waals surface area contributed by atoms with E-state index in [4.69, 9.17) is 4.43 Å². The van der Waals surface area contributed by atoms with Gasteiger partial charge in [-0.3, -0.25) is 4.72 Å². The lowest BCUT2D eigenvalue weighted by Gasteiger charge is -2.33. The zero-order valence-corrected chi connectivity index (χ0v) is 18.0. The lowest BCUT2D eigenvalue weighted by atomic mass is 10.1. The Balaban J connectivity index is 3.14. The first-order valence-electron chi connectivity index (χ1n) is 7.71. The predicted octanol–water partition coefficient (Wildman–Crippen LogP) is 4.70. The highest BCUT2D eigenvalue weighted by Crippen LogP contribution is 2.32. The maximum Gasteiger partial charge on any atom is 0.229 e. The highest BCUT2D eigenvalue weighted by molar-refractivity contribution is 14.1. The van der Waals surface area contributed by atoms with Gasteiger partial charge in [0, 0.05) is 4.43 Å². The van der Waals surface area contributed by atoms with Crippen molar-refractivity contribution in [2.45, 2.75) is 45.0 Å². The van der Waals surface area contributed by atoms with E-state index in [-0.39, 0.29) is 11.8 Å². The standard InChI is InChI=1S/C15H25FINO3SSi/c1-5-23(6-2,7-3)21-15(11-17)12-8-9-13(16)14(10-12)18-22(4,19)20/h8-10,15,18H,5-7,11H2,1-4H3/t15-/m0/s1. The third-order valence-electron chi connectivity index (χ3n) is 4.12. The molecule has 8 heteroatoms. The normalized spacial score (nSPS) is 13.8. The van der Waals surface area contributed by atoms with Crippen molar-refractivity contribution in [3.63, 3.8) is 0 Å². The van der Waals surface area contributed by atoms with Crippen LogP contribution in [0.15, 0.2) is 18.2 Å². The Morgan fingerprint density at radius 1 is 1.26 bits per heavy atom. The van der Waals surface area contributed by atoms with Crippen LogP contribution < -0.4 is 4.72 Å². The molecule has 0 aliphatic heterocycles. The fraction of sp³-hybridized carbons (Fsp3) is 0.600. The first-order valence-corrected chi connectivity index (χ1v) is 13.7. The van der Waals surface area contributed by atoms with E-state index in [0.29, 0.717) is 0 Å². The fourth-order valence-electron chi connectivity index (χ4n) is 2.51. The summed E-state index contributed by atoms with van der Waals surface area (Å²) < 4.78 is 46.0. The van der Waals surface area contributed by atoms with E-state index < -0.39 is 24.2 Å². The van der Waals surface area contributed by atoms with Crippen molar-refractivity contribution in [1.29, 1.82) is 0 Å². The molecule has 1 aromatic rings. The summed E-state index contributed by atoms with van der Waals surface area (Å²) in [6.45, 7) is 6.47. The molecule has 0 aliphatic carbocycles. The topological polar surface area (TPSA) is 55.4 Å². The molecule has 23 heavy (non-hydrogen) atoms. The third kappa shape index (κ3) is 5.99. The molecule has 1 N–H and O–H groups in total. The summed E-state index contributed by atoms with van der Waals surface area (Å²) in [5, 5.41) is 0. The average Bonchev–Trinajstić information content (AvgIpc) is 2.50. The minimum atomic E-state index is -3.52. The first-order chi connectivity index (χ1) is 10.7. The van der Waals surface area contributed by atoms with E-state index >= 15 is 0 Å². The van der Waals surface area contributed by atoms with Crippen LogP contribution in [0.5, 0.6) is 0 Å². The first kappa shape index (κ1) is 20.9. The Bertz CT molecular complexity index is 615. The molecule has 1 rings (SSSR count). The van der Waals surface area contributed by atoms with Crippen molar-refractivity contribution in [2.75, 3.05) is 15.4 Å².